The van der Waals surface area contributed by atoms with Crippen LogP contribution in [-0.2, 0) is 14.4 Å². The molecule has 6 nitrogen and oxygen atoms in total. The van der Waals surface area contributed by atoms with Gasteiger partial charge in [-0.25, -0.2) is 10.1 Å². The van der Waals surface area contributed by atoms with Crippen molar-refractivity contribution >= 4 is 17.6 Å². The number of nitrogens with zero attached hydrogens (tertiary/aromatic N) is 2. The van der Waals surface area contributed by atoms with Gasteiger partial charge in [0.25, 0.3) is 0 Å². The number of carbonyl (C=O) groups is 1. The van der Waals surface area contributed by atoms with Crippen molar-refractivity contribution in [1.29, 1.82) is 0 Å². The number of aliphatic imine (C=N–C) groups is 1. The van der Waals surface area contributed by atoms with Crippen molar-refractivity contribution in [2.45, 2.75) is 19.8 Å². The number of rotatable bonds is 7. The van der Waals surface area contributed by atoms with E-state index >= 15 is 0 Å². The van der Waals surface area contributed by atoms with Crippen LogP contribution in [0.3, 0.4) is 0 Å². The first-order valence-corrected chi connectivity index (χ1v) is 7.23. The molecule has 1 aliphatic rings. The number of benzene rings is 1. The van der Waals surface area contributed by atoms with Crippen molar-refractivity contribution in [3.63, 3.8) is 0 Å². The molecule has 1 aromatic carbocycles. The van der Waals surface area contributed by atoms with E-state index < -0.39 is 0 Å². The van der Waals surface area contributed by atoms with E-state index in [0.717, 1.165) is 18.8 Å². The molecular weight excluding hydrogens is 270 g/mol. The smallest absolute Gasteiger partial charge is 0.305 e. The van der Waals surface area contributed by atoms with Crippen LogP contribution in [0.1, 0.15) is 19.8 Å². The summed E-state index contributed by atoms with van der Waals surface area (Å²) in [6.45, 7) is 4.23. The van der Waals surface area contributed by atoms with Crippen molar-refractivity contribution in [1.82, 2.24) is 10.4 Å². The summed E-state index contributed by atoms with van der Waals surface area (Å²) in [7, 11) is 0. The van der Waals surface area contributed by atoms with E-state index in [-0.39, 0.29) is 5.97 Å². The Morgan fingerprint density at radius 3 is 2.95 bits per heavy atom. The number of hydrogen-bond acceptors (Lipinski definition) is 4. The highest BCUT2D eigenvalue weighted by molar-refractivity contribution is 5.83. The SMILES string of the molecule is CCOC(=O)CCCON1CCN/C1=N\c1ccccc1. The van der Waals surface area contributed by atoms with Crippen LogP contribution >= 0.6 is 0 Å². The Morgan fingerprint density at radius 2 is 2.19 bits per heavy atom. The second kappa shape index (κ2) is 8.26. The van der Waals surface area contributed by atoms with Crippen LogP contribution in [0.15, 0.2) is 35.3 Å². The van der Waals surface area contributed by atoms with Crippen LogP contribution in [0, 0.1) is 0 Å². The van der Waals surface area contributed by atoms with Gasteiger partial charge in [-0.15, -0.1) is 0 Å². The van der Waals surface area contributed by atoms with Gasteiger partial charge in [0.2, 0.25) is 5.96 Å². The lowest BCUT2D eigenvalue weighted by Gasteiger charge is -2.16. The van der Waals surface area contributed by atoms with E-state index in [9.17, 15) is 4.79 Å². The summed E-state index contributed by atoms with van der Waals surface area (Å²) >= 11 is 0. The number of carbonyl (C=O) groups excluding carboxylic acids is 1. The molecule has 1 fully saturated rings. The Labute approximate surface area is 124 Å². The lowest BCUT2D eigenvalue weighted by molar-refractivity contribution is -0.144. The molecule has 0 amide bonds. The minimum Gasteiger partial charge on any atom is -0.466 e. The first-order chi connectivity index (χ1) is 10.3. The van der Waals surface area contributed by atoms with Gasteiger partial charge in [0.1, 0.15) is 0 Å². The maximum absolute atomic E-state index is 11.2. The molecule has 0 unspecified atom stereocenters. The van der Waals surface area contributed by atoms with Crippen LogP contribution < -0.4 is 5.32 Å². The second-order valence-electron chi connectivity index (χ2n) is 4.54. The van der Waals surface area contributed by atoms with E-state index in [1.807, 2.05) is 30.3 Å². The average molecular weight is 291 g/mol. The van der Waals surface area contributed by atoms with Gasteiger partial charge in [-0.2, -0.15) is 0 Å². The summed E-state index contributed by atoms with van der Waals surface area (Å²) in [6.07, 6.45) is 1.01. The molecule has 0 aromatic heterocycles. The van der Waals surface area contributed by atoms with Crippen molar-refractivity contribution in [2.75, 3.05) is 26.3 Å². The highest BCUT2D eigenvalue weighted by atomic mass is 16.7. The molecule has 114 valence electrons. The predicted octanol–water partition coefficient (Wildman–Crippen LogP) is 1.85. The predicted molar refractivity (Wildman–Crippen MR) is 80.1 cm³/mol. The van der Waals surface area contributed by atoms with Crippen molar-refractivity contribution in [2.24, 2.45) is 4.99 Å². The molecule has 6 heteroatoms. The van der Waals surface area contributed by atoms with Crippen LogP contribution in [0.2, 0.25) is 0 Å². The molecule has 0 saturated carbocycles. The first-order valence-electron chi connectivity index (χ1n) is 7.23. The van der Waals surface area contributed by atoms with Crippen LogP contribution in [0.25, 0.3) is 0 Å². The lowest BCUT2D eigenvalue weighted by Crippen LogP contribution is -2.30. The van der Waals surface area contributed by atoms with Crippen LogP contribution in [0.4, 0.5) is 5.69 Å². The monoisotopic (exact) mass is 291 g/mol. The topological polar surface area (TPSA) is 63.2 Å². The maximum atomic E-state index is 11.2. The molecule has 0 aliphatic carbocycles. The van der Waals surface area contributed by atoms with Gasteiger partial charge in [0.05, 0.1) is 25.4 Å². The maximum Gasteiger partial charge on any atom is 0.305 e. The average Bonchev–Trinajstić information content (AvgIpc) is 2.92. The number of nitrogens with one attached hydrogen (secondary N) is 1. The highest BCUT2D eigenvalue weighted by Crippen LogP contribution is 2.12. The van der Waals surface area contributed by atoms with Crippen LogP contribution in [0.5, 0.6) is 0 Å². The second-order valence-corrected chi connectivity index (χ2v) is 4.54. The molecule has 1 aromatic rings. The summed E-state index contributed by atoms with van der Waals surface area (Å²) in [6, 6.07) is 9.71. The third kappa shape index (κ3) is 5.07. The molecule has 1 aliphatic heterocycles. The third-order valence-electron chi connectivity index (χ3n) is 2.90. The van der Waals surface area contributed by atoms with E-state index in [0.29, 0.717) is 32.0 Å². The van der Waals surface area contributed by atoms with E-state index in [2.05, 4.69) is 10.3 Å². The van der Waals surface area contributed by atoms with Gasteiger partial charge in [-0.1, -0.05) is 18.2 Å². The van der Waals surface area contributed by atoms with Gasteiger partial charge in [-0.05, 0) is 25.5 Å². The number of guanidine groups is 1. The molecule has 2 rings (SSSR count). The highest BCUT2D eigenvalue weighted by Gasteiger charge is 2.18. The normalized spacial score (nSPS) is 16.0. The van der Waals surface area contributed by atoms with Crippen molar-refractivity contribution in [3.05, 3.63) is 30.3 Å². The van der Waals surface area contributed by atoms with Crippen molar-refractivity contribution < 1.29 is 14.4 Å². The Hall–Kier alpha value is -2.08. The fraction of sp³-hybridized carbons (Fsp3) is 0.467. The first kappa shape index (κ1) is 15.3. The van der Waals surface area contributed by atoms with Crippen LogP contribution in [-0.4, -0.2) is 43.3 Å². The zero-order valence-corrected chi connectivity index (χ0v) is 12.2. The summed E-state index contributed by atoms with van der Waals surface area (Å²) in [4.78, 5) is 21.4. The standard InChI is InChI=1S/C15H21N3O3/c1-2-20-14(19)9-6-12-21-18-11-10-16-15(18)17-13-7-4-3-5-8-13/h3-5,7-8H,2,6,9-12H2,1H3,(H,16,17). The number of para-hydroxylation sites is 1. The molecule has 0 radical (unpaired) electrons. The van der Waals surface area contributed by atoms with Gasteiger partial charge in [0, 0.05) is 13.0 Å². The van der Waals surface area contributed by atoms with E-state index in [1.165, 1.54) is 0 Å². The lowest BCUT2D eigenvalue weighted by atomic mass is 10.3. The Bertz CT molecular complexity index is 476. The number of ether oxygens (including phenoxy) is 1. The fourth-order valence-electron chi connectivity index (χ4n) is 1.93. The van der Waals surface area contributed by atoms with Gasteiger partial charge < -0.3 is 10.1 Å². The Kier molecular flexibility index (Phi) is 6.02. The molecule has 0 atom stereocenters. The fourth-order valence-corrected chi connectivity index (χ4v) is 1.93. The molecular formula is C15H21N3O3. The summed E-state index contributed by atoms with van der Waals surface area (Å²) in [5, 5.41) is 4.92. The molecule has 1 N–H and O–H groups in total. The molecule has 1 saturated heterocycles. The number of hydroxylamine groups is 2. The summed E-state index contributed by atoms with van der Waals surface area (Å²) in [5.41, 5.74) is 0.877. The van der Waals surface area contributed by atoms with Gasteiger partial charge >= 0.3 is 5.97 Å². The largest absolute Gasteiger partial charge is 0.466 e. The van der Waals surface area contributed by atoms with E-state index in [4.69, 9.17) is 9.57 Å². The number of esters is 1. The minimum atomic E-state index is -0.182. The van der Waals surface area contributed by atoms with E-state index in [1.54, 1.807) is 12.0 Å². The minimum absolute atomic E-state index is 0.182. The van der Waals surface area contributed by atoms with Crippen molar-refractivity contribution in [3.8, 4) is 0 Å². The molecule has 21 heavy (non-hydrogen) atoms. The summed E-state index contributed by atoms with van der Waals surface area (Å²) in [5.74, 6) is 0.524. The molecule has 0 bridgehead atoms. The number of hydrogen-bond donors (Lipinski definition) is 1. The molecule has 1 heterocycles. The Morgan fingerprint density at radius 1 is 1.38 bits per heavy atom. The molecule has 0 spiro atoms. The Balaban J connectivity index is 1.77. The zero-order chi connectivity index (χ0) is 14.9. The zero-order valence-electron chi connectivity index (χ0n) is 12.2. The quantitative estimate of drug-likeness (QED) is 0.613. The third-order valence-corrected chi connectivity index (χ3v) is 2.90. The summed E-state index contributed by atoms with van der Waals surface area (Å²) < 4.78 is 4.87. The van der Waals surface area contributed by atoms with Gasteiger partial charge in [-0.3, -0.25) is 9.63 Å². The van der Waals surface area contributed by atoms with Gasteiger partial charge in [0.15, 0.2) is 0 Å².